The number of hydrogen-bond donors (Lipinski definition) is 0. The molecule has 0 bridgehead atoms. The van der Waals surface area contributed by atoms with Crippen molar-refractivity contribution in [2.24, 2.45) is 5.92 Å². The second kappa shape index (κ2) is 3.06. The third-order valence-corrected chi connectivity index (χ3v) is 1.40. The molecule has 0 aliphatic carbocycles. The molecule has 1 atom stereocenters. The van der Waals surface area contributed by atoms with Crippen LogP contribution in [0.4, 0.5) is 0 Å². The minimum atomic E-state index is 0.532. The summed E-state index contributed by atoms with van der Waals surface area (Å²) in [7, 11) is 0. The number of rotatable bonds is 2. The molecule has 0 aliphatic rings. The average molecular weight is 98.2 g/mol. The smallest absolute Gasteiger partial charge is 0.0246 e. The van der Waals surface area contributed by atoms with Gasteiger partial charge in [-0.1, -0.05) is 20.8 Å². The van der Waals surface area contributed by atoms with Crippen molar-refractivity contribution >= 4 is 0 Å². The second-order valence-electron chi connectivity index (χ2n) is 2.10. The molecular weight excluding hydrogens is 84.1 g/mol. The Morgan fingerprint density at radius 3 is 2.14 bits per heavy atom. The zero-order chi connectivity index (χ0) is 5.86. The summed E-state index contributed by atoms with van der Waals surface area (Å²) in [4.78, 5) is 0. The van der Waals surface area contributed by atoms with Gasteiger partial charge in [-0.25, -0.2) is 0 Å². The van der Waals surface area contributed by atoms with Crippen LogP contribution in [0.2, 0.25) is 0 Å². The van der Waals surface area contributed by atoms with Crippen molar-refractivity contribution in [2.45, 2.75) is 27.2 Å². The molecule has 0 fully saturated rings. The van der Waals surface area contributed by atoms with Crippen LogP contribution < -0.4 is 0 Å². The SMILES string of the molecule is [CH2]C(C)[C](C)CC. The van der Waals surface area contributed by atoms with E-state index in [1.165, 1.54) is 12.3 Å². The summed E-state index contributed by atoms with van der Waals surface area (Å²) >= 11 is 0. The molecule has 42 valence electrons. The first-order chi connectivity index (χ1) is 3.18. The van der Waals surface area contributed by atoms with Crippen LogP contribution in [-0.4, -0.2) is 0 Å². The summed E-state index contributed by atoms with van der Waals surface area (Å²) < 4.78 is 0. The van der Waals surface area contributed by atoms with Gasteiger partial charge < -0.3 is 0 Å². The van der Waals surface area contributed by atoms with Gasteiger partial charge in [0.05, 0.1) is 0 Å². The lowest BCUT2D eigenvalue weighted by Crippen LogP contribution is -1.98. The molecule has 0 aromatic heterocycles. The van der Waals surface area contributed by atoms with E-state index in [-0.39, 0.29) is 0 Å². The molecule has 0 saturated heterocycles. The molecule has 0 N–H and O–H groups in total. The molecule has 0 spiro atoms. The largest absolute Gasteiger partial charge is 0.0648 e. The van der Waals surface area contributed by atoms with E-state index in [0.717, 1.165) is 0 Å². The third kappa shape index (κ3) is 2.67. The van der Waals surface area contributed by atoms with Crippen molar-refractivity contribution in [1.29, 1.82) is 0 Å². The van der Waals surface area contributed by atoms with Gasteiger partial charge in [0.25, 0.3) is 0 Å². The summed E-state index contributed by atoms with van der Waals surface area (Å²) in [6.45, 7) is 10.3. The van der Waals surface area contributed by atoms with Crippen LogP contribution in [0, 0.1) is 18.8 Å². The zero-order valence-electron chi connectivity index (χ0n) is 5.49. The van der Waals surface area contributed by atoms with E-state index in [0.29, 0.717) is 5.92 Å². The van der Waals surface area contributed by atoms with Crippen molar-refractivity contribution in [1.82, 2.24) is 0 Å². The fraction of sp³-hybridized carbons (Fsp3) is 0.714. The minimum absolute atomic E-state index is 0.532. The predicted molar refractivity (Wildman–Crippen MR) is 33.7 cm³/mol. The van der Waals surface area contributed by atoms with Crippen LogP contribution in [-0.2, 0) is 0 Å². The van der Waals surface area contributed by atoms with Crippen LogP contribution in [0.5, 0.6) is 0 Å². The first kappa shape index (κ1) is 7.00. The Balaban J connectivity index is 3.14. The maximum atomic E-state index is 3.87. The van der Waals surface area contributed by atoms with Crippen molar-refractivity contribution < 1.29 is 0 Å². The molecular formula is C7H14. The highest BCUT2D eigenvalue weighted by atomic mass is 14.1. The first-order valence-corrected chi connectivity index (χ1v) is 2.83. The molecule has 0 aliphatic heterocycles. The molecule has 0 heterocycles. The van der Waals surface area contributed by atoms with Gasteiger partial charge in [0.15, 0.2) is 0 Å². The van der Waals surface area contributed by atoms with Gasteiger partial charge in [0.1, 0.15) is 0 Å². The predicted octanol–water partition coefficient (Wildman–Crippen LogP) is 2.46. The normalized spacial score (nSPS) is 11.1. The van der Waals surface area contributed by atoms with Crippen molar-refractivity contribution in [3.63, 3.8) is 0 Å². The lowest BCUT2D eigenvalue weighted by molar-refractivity contribution is 0.681. The van der Waals surface area contributed by atoms with Gasteiger partial charge in [-0.05, 0) is 25.2 Å². The molecule has 0 aromatic carbocycles. The summed E-state index contributed by atoms with van der Waals surface area (Å²) in [6.07, 6.45) is 1.17. The van der Waals surface area contributed by atoms with E-state index in [4.69, 9.17) is 0 Å². The van der Waals surface area contributed by atoms with E-state index in [1.807, 2.05) is 0 Å². The lowest BCUT2D eigenvalue weighted by Gasteiger charge is -2.09. The van der Waals surface area contributed by atoms with Gasteiger partial charge in [0, 0.05) is 0 Å². The quantitative estimate of drug-likeness (QED) is 0.497. The Morgan fingerprint density at radius 1 is 1.71 bits per heavy atom. The second-order valence-corrected chi connectivity index (χ2v) is 2.10. The standard InChI is InChI=1S/C7H14/c1-5-7(4)6(2)3/h6H,2,5H2,1,3-4H3. The van der Waals surface area contributed by atoms with Crippen molar-refractivity contribution in [2.75, 3.05) is 0 Å². The Morgan fingerprint density at radius 2 is 2.14 bits per heavy atom. The van der Waals surface area contributed by atoms with Crippen molar-refractivity contribution in [3.05, 3.63) is 12.8 Å². The van der Waals surface area contributed by atoms with Crippen molar-refractivity contribution in [3.8, 4) is 0 Å². The monoisotopic (exact) mass is 98.1 g/mol. The fourth-order valence-corrected chi connectivity index (χ4v) is 0.348. The first-order valence-electron chi connectivity index (χ1n) is 2.83. The topological polar surface area (TPSA) is 0 Å². The van der Waals surface area contributed by atoms with E-state index < -0.39 is 0 Å². The minimum Gasteiger partial charge on any atom is -0.0648 e. The Kier molecular flexibility index (Phi) is 3.06. The van der Waals surface area contributed by atoms with Crippen LogP contribution >= 0.6 is 0 Å². The van der Waals surface area contributed by atoms with Crippen LogP contribution in [0.3, 0.4) is 0 Å². The van der Waals surface area contributed by atoms with E-state index in [1.54, 1.807) is 0 Å². The maximum Gasteiger partial charge on any atom is -0.0246 e. The molecule has 0 nitrogen and oxygen atoms in total. The Labute approximate surface area is 46.9 Å². The summed E-state index contributed by atoms with van der Waals surface area (Å²) in [5.41, 5.74) is 0. The molecule has 7 heavy (non-hydrogen) atoms. The molecule has 0 amide bonds. The van der Waals surface area contributed by atoms with E-state index in [9.17, 15) is 0 Å². The fourth-order valence-electron chi connectivity index (χ4n) is 0.348. The average Bonchev–Trinajstić information content (AvgIpc) is 1.65. The Hall–Kier alpha value is 0. The third-order valence-electron chi connectivity index (χ3n) is 1.40. The van der Waals surface area contributed by atoms with E-state index in [2.05, 4.69) is 27.7 Å². The van der Waals surface area contributed by atoms with Gasteiger partial charge in [-0.15, -0.1) is 0 Å². The molecule has 0 heteroatoms. The zero-order valence-corrected chi connectivity index (χ0v) is 5.49. The summed E-state index contributed by atoms with van der Waals surface area (Å²) in [6, 6.07) is 0. The Bertz CT molecular complexity index is 37.3. The highest BCUT2D eigenvalue weighted by Crippen LogP contribution is 2.14. The molecule has 2 radical (unpaired) electrons. The molecule has 0 saturated carbocycles. The number of hydrogen-bond acceptors (Lipinski definition) is 0. The highest BCUT2D eigenvalue weighted by Gasteiger charge is 2.02. The molecule has 0 rings (SSSR count). The van der Waals surface area contributed by atoms with Gasteiger partial charge in [-0.2, -0.15) is 0 Å². The maximum absolute atomic E-state index is 3.87. The van der Waals surface area contributed by atoms with Gasteiger partial charge in [0.2, 0.25) is 0 Å². The van der Waals surface area contributed by atoms with Gasteiger partial charge >= 0.3 is 0 Å². The highest BCUT2D eigenvalue weighted by molar-refractivity contribution is 4.88. The summed E-state index contributed by atoms with van der Waals surface area (Å²) in [5, 5.41) is 0. The summed E-state index contributed by atoms with van der Waals surface area (Å²) in [5.74, 6) is 2.02. The van der Waals surface area contributed by atoms with Crippen LogP contribution in [0.15, 0.2) is 0 Å². The van der Waals surface area contributed by atoms with E-state index >= 15 is 0 Å². The van der Waals surface area contributed by atoms with Crippen LogP contribution in [0.25, 0.3) is 0 Å². The van der Waals surface area contributed by atoms with Crippen LogP contribution in [0.1, 0.15) is 27.2 Å². The lowest BCUT2D eigenvalue weighted by atomic mass is 9.96. The van der Waals surface area contributed by atoms with Gasteiger partial charge in [-0.3, -0.25) is 0 Å². The molecule has 1 unspecified atom stereocenters. The molecule has 0 aromatic rings.